The Morgan fingerprint density at radius 3 is 0.818 bits per heavy atom. The first-order valence-corrected chi connectivity index (χ1v) is 1.82. The number of rotatable bonds is 1. The molecule has 0 fully saturated rings. The summed E-state index contributed by atoms with van der Waals surface area (Å²) in [4.78, 5) is 0. The molecular weight excluding hydrogens is 150 g/mol. The zero-order valence-corrected chi connectivity index (χ0v) is 6.79. The van der Waals surface area contributed by atoms with Crippen LogP contribution in [0.25, 0.3) is 0 Å². The van der Waals surface area contributed by atoms with Gasteiger partial charge in [0.2, 0.25) is 0 Å². The minimum Gasteiger partial charge on any atom is -0.344 e. The zero-order chi connectivity index (χ0) is 6.08. The smallest absolute Gasteiger partial charge is 0.145 e. The summed E-state index contributed by atoms with van der Waals surface area (Å²) in [5.74, 6) is -1.44. The first-order valence-electron chi connectivity index (χ1n) is 1.82. The molecule has 11 heavy (non-hydrogen) atoms. The third-order valence-electron chi connectivity index (χ3n) is 0.577. The van der Waals surface area contributed by atoms with Crippen molar-refractivity contribution in [3.63, 3.8) is 0 Å². The van der Waals surface area contributed by atoms with E-state index in [0.717, 1.165) is 0 Å². The summed E-state index contributed by atoms with van der Waals surface area (Å²) in [7, 11) is 0. The van der Waals surface area contributed by atoms with Crippen molar-refractivity contribution in [2.24, 2.45) is 28.7 Å². The fourth-order valence-electron chi connectivity index (χ4n) is 0. The molecule has 0 aliphatic carbocycles. The van der Waals surface area contributed by atoms with Crippen LogP contribution in [-0.2, 0) is 0 Å². The Morgan fingerprint density at radius 1 is 0.727 bits per heavy atom. The molecule has 0 rings (SSSR count). The summed E-state index contributed by atoms with van der Waals surface area (Å²) in [6.07, 6.45) is -0.868. The quantitative estimate of drug-likeness (QED) is 0.188. The molecule has 0 unspecified atom stereocenters. The number of hydrogen-bond acceptors (Lipinski definition) is 9. The fourth-order valence-corrected chi connectivity index (χ4v) is 0. The van der Waals surface area contributed by atoms with E-state index in [0.29, 0.717) is 0 Å². The highest BCUT2D eigenvalue weighted by molar-refractivity contribution is 4.76. The Labute approximate surface area is 66.3 Å². The average Bonchev–Trinajstić information content (AvgIpc) is 1.31. The zero-order valence-electron chi connectivity index (χ0n) is 6.79. The molecule has 0 bridgehead atoms. The third kappa shape index (κ3) is 17.7. The molecule has 0 aliphatic heterocycles. The van der Waals surface area contributed by atoms with Gasteiger partial charge >= 0.3 is 0 Å². The lowest BCUT2D eigenvalue weighted by Crippen LogP contribution is -2.72. The van der Waals surface area contributed by atoms with Crippen molar-refractivity contribution in [1.82, 2.24) is 24.6 Å². The van der Waals surface area contributed by atoms with E-state index in [1.165, 1.54) is 0 Å². The van der Waals surface area contributed by atoms with Gasteiger partial charge in [-0.15, -0.1) is 0 Å². The van der Waals surface area contributed by atoms with Crippen molar-refractivity contribution in [2.45, 2.75) is 12.0 Å². The molecule has 9 heteroatoms. The summed E-state index contributed by atoms with van der Waals surface area (Å²) in [6.45, 7) is 0. The number of nitrogens with two attached hydrogens (primary N) is 5. The lowest BCUT2D eigenvalue weighted by atomic mass is 10.3. The normalized spacial score (nSPS) is 8.18. The SMILES string of the molecule is N.N.N.N.NC(N)C(N)(N)N. The van der Waals surface area contributed by atoms with Gasteiger partial charge in [-0.2, -0.15) is 0 Å². The van der Waals surface area contributed by atoms with Gasteiger partial charge in [-0.3, -0.25) is 17.2 Å². The lowest BCUT2D eigenvalue weighted by molar-refractivity contribution is 0.374. The van der Waals surface area contributed by atoms with Crippen molar-refractivity contribution in [2.75, 3.05) is 0 Å². The number of hydrogen-bond donors (Lipinski definition) is 9. The Hall–Kier alpha value is -0.360. The van der Waals surface area contributed by atoms with Gasteiger partial charge in [0.25, 0.3) is 0 Å². The molecule has 22 N–H and O–H groups in total. The maximum atomic E-state index is 4.98. The molecule has 0 aromatic heterocycles. The monoisotopic (exact) mass is 173 g/mol. The Balaban J connectivity index is -0.0000000300. The maximum Gasteiger partial charge on any atom is 0.145 e. The predicted molar refractivity (Wildman–Crippen MR) is 47.5 cm³/mol. The van der Waals surface area contributed by atoms with Crippen LogP contribution >= 0.6 is 0 Å². The van der Waals surface area contributed by atoms with E-state index >= 15 is 0 Å². The molecule has 0 heterocycles. The van der Waals surface area contributed by atoms with Gasteiger partial charge in [-0.1, -0.05) is 0 Å². The second-order valence-electron chi connectivity index (χ2n) is 1.53. The summed E-state index contributed by atoms with van der Waals surface area (Å²) in [6, 6.07) is 0. The minimum atomic E-state index is -1.44. The van der Waals surface area contributed by atoms with Crippen molar-refractivity contribution in [1.29, 1.82) is 0 Å². The van der Waals surface area contributed by atoms with Crippen LogP contribution in [0.2, 0.25) is 0 Å². The van der Waals surface area contributed by atoms with Gasteiger partial charge in [0, 0.05) is 0 Å². The van der Waals surface area contributed by atoms with E-state index in [2.05, 4.69) is 0 Å². The second-order valence-corrected chi connectivity index (χ2v) is 1.53. The summed E-state index contributed by atoms with van der Waals surface area (Å²) in [5, 5.41) is 0. The third-order valence-corrected chi connectivity index (χ3v) is 0.577. The van der Waals surface area contributed by atoms with E-state index in [1.54, 1.807) is 0 Å². The largest absolute Gasteiger partial charge is 0.344 e. The molecular formula is C2H23N9. The van der Waals surface area contributed by atoms with Crippen molar-refractivity contribution in [3.8, 4) is 0 Å². The molecule has 0 aromatic rings. The van der Waals surface area contributed by atoms with Gasteiger partial charge in [-0.05, 0) is 0 Å². The van der Waals surface area contributed by atoms with Crippen LogP contribution < -0.4 is 53.3 Å². The van der Waals surface area contributed by atoms with Gasteiger partial charge < -0.3 is 36.1 Å². The highest BCUT2D eigenvalue weighted by atomic mass is 15.2. The lowest BCUT2D eigenvalue weighted by Gasteiger charge is -2.21. The second kappa shape index (κ2) is 9.64. The summed E-state index contributed by atoms with van der Waals surface area (Å²) >= 11 is 0. The summed E-state index contributed by atoms with van der Waals surface area (Å²) < 4.78 is 0. The van der Waals surface area contributed by atoms with Gasteiger partial charge in [0.05, 0.1) is 6.17 Å². The Morgan fingerprint density at radius 2 is 0.818 bits per heavy atom. The predicted octanol–water partition coefficient (Wildman–Crippen LogP) is -2.59. The van der Waals surface area contributed by atoms with Crippen molar-refractivity contribution in [3.05, 3.63) is 0 Å². The summed E-state index contributed by atoms with van der Waals surface area (Å²) in [5.41, 5.74) is 24.9. The van der Waals surface area contributed by atoms with E-state index in [9.17, 15) is 0 Å². The Bertz CT molecular complexity index is 53.1. The van der Waals surface area contributed by atoms with Crippen LogP contribution in [-0.4, -0.2) is 12.0 Å². The molecule has 76 valence electrons. The molecule has 0 saturated carbocycles. The molecule has 0 radical (unpaired) electrons. The minimum absolute atomic E-state index is 0. The highest BCUT2D eigenvalue weighted by Gasteiger charge is 2.16. The van der Waals surface area contributed by atoms with Crippen molar-refractivity contribution < 1.29 is 0 Å². The molecule has 0 saturated heterocycles. The molecule has 0 aliphatic rings. The van der Waals surface area contributed by atoms with Crippen LogP contribution in [0.15, 0.2) is 0 Å². The molecule has 0 spiro atoms. The van der Waals surface area contributed by atoms with E-state index < -0.39 is 12.0 Å². The van der Waals surface area contributed by atoms with Crippen LogP contribution in [0.1, 0.15) is 0 Å². The standard InChI is InChI=1S/C2H11N5.4H3N/c3-1(4)2(5,6)7;;;;/h1H,3-7H2;4*1H3. The van der Waals surface area contributed by atoms with Crippen molar-refractivity contribution >= 4 is 0 Å². The van der Waals surface area contributed by atoms with Crippen LogP contribution in [0.3, 0.4) is 0 Å². The van der Waals surface area contributed by atoms with E-state index in [-0.39, 0.29) is 24.6 Å². The van der Waals surface area contributed by atoms with Gasteiger partial charge in [0.1, 0.15) is 5.79 Å². The molecule has 0 amide bonds. The first kappa shape index (κ1) is 31.1. The topological polar surface area (TPSA) is 270 Å². The first-order chi connectivity index (χ1) is 2.94. The van der Waals surface area contributed by atoms with Gasteiger partial charge in [-0.25, -0.2) is 0 Å². The highest BCUT2D eigenvalue weighted by Crippen LogP contribution is 1.73. The van der Waals surface area contributed by atoms with E-state index in [4.69, 9.17) is 28.7 Å². The maximum absolute atomic E-state index is 4.98. The molecule has 0 aromatic carbocycles. The fraction of sp³-hybridized carbons (Fsp3) is 1.00. The van der Waals surface area contributed by atoms with Crippen LogP contribution in [0.5, 0.6) is 0 Å². The average molecular weight is 173 g/mol. The van der Waals surface area contributed by atoms with Crippen LogP contribution in [0.4, 0.5) is 0 Å². The molecule has 0 atom stereocenters. The van der Waals surface area contributed by atoms with Gasteiger partial charge in [0.15, 0.2) is 0 Å². The van der Waals surface area contributed by atoms with E-state index in [1.807, 2.05) is 0 Å². The van der Waals surface area contributed by atoms with Crippen LogP contribution in [0, 0.1) is 0 Å². The Kier molecular flexibility index (Phi) is 27.2. The molecule has 9 nitrogen and oxygen atoms in total.